The molecule has 2 heterocycles. The summed E-state index contributed by atoms with van der Waals surface area (Å²) >= 11 is 0. The Hall–Kier alpha value is -1.43. The van der Waals surface area contributed by atoms with Crippen molar-refractivity contribution >= 4 is 5.91 Å². The lowest BCUT2D eigenvalue weighted by Gasteiger charge is -2.23. The van der Waals surface area contributed by atoms with Gasteiger partial charge in [0.15, 0.2) is 5.69 Å². The second-order valence-corrected chi connectivity index (χ2v) is 5.52. The van der Waals surface area contributed by atoms with Gasteiger partial charge in [-0.15, -0.1) is 0 Å². The van der Waals surface area contributed by atoms with Crippen molar-refractivity contribution in [3.63, 3.8) is 0 Å². The second kappa shape index (κ2) is 4.68. The van der Waals surface area contributed by atoms with Crippen LogP contribution in [0.5, 0.6) is 0 Å². The molecule has 2 N–H and O–H groups in total. The number of rotatable bonds is 5. The van der Waals surface area contributed by atoms with E-state index in [1.165, 1.54) is 45.0 Å². The van der Waals surface area contributed by atoms with Gasteiger partial charge >= 0.3 is 0 Å². The minimum Gasteiger partial charge on any atom is -0.350 e. The zero-order valence-corrected chi connectivity index (χ0v) is 10.5. The summed E-state index contributed by atoms with van der Waals surface area (Å²) in [5.74, 6) is -0.128. The standard InChI is InChI=1S/C12H19N5O/c18-11(10-7-14-16-15-10)13-8-12(3-4-12)9-17-5-1-2-6-17/h7H,1-6,8-9H2,(H,13,18)(H,14,15,16). The molecule has 1 saturated carbocycles. The quantitative estimate of drug-likeness (QED) is 0.792. The van der Waals surface area contributed by atoms with Crippen LogP contribution in [0.15, 0.2) is 6.20 Å². The smallest absolute Gasteiger partial charge is 0.273 e. The van der Waals surface area contributed by atoms with Crippen molar-refractivity contribution < 1.29 is 4.79 Å². The highest BCUT2D eigenvalue weighted by Gasteiger charge is 2.44. The molecule has 0 bridgehead atoms. The third-order valence-corrected chi connectivity index (χ3v) is 3.99. The molecular weight excluding hydrogens is 230 g/mol. The molecule has 2 aliphatic rings. The summed E-state index contributed by atoms with van der Waals surface area (Å²) in [6.45, 7) is 4.33. The van der Waals surface area contributed by atoms with Gasteiger partial charge in [-0.1, -0.05) is 0 Å². The van der Waals surface area contributed by atoms with Gasteiger partial charge in [-0.05, 0) is 38.8 Å². The fourth-order valence-electron chi connectivity index (χ4n) is 2.65. The van der Waals surface area contributed by atoms with Gasteiger partial charge in [0.25, 0.3) is 5.91 Å². The third-order valence-electron chi connectivity index (χ3n) is 3.99. The first-order valence-electron chi connectivity index (χ1n) is 6.64. The molecule has 3 rings (SSSR count). The maximum atomic E-state index is 11.8. The second-order valence-electron chi connectivity index (χ2n) is 5.52. The molecule has 1 saturated heterocycles. The Balaban J connectivity index is 1.49. The molecule has 1 amide bonds. The van der Waals surface area contributed by atoms with E-state index < -0.39 is 0 Å². The lowest BCUT2D eigenvalue weighted by molar-refractivity contribution is 0.0935. The van der Waals surface area contributed by atoms with Crippen LogP contribution >= 0.6 is 0 Å². The van der Waals surface area contributed by atoms with E-state index in [0.717, 1.165) is 13.1 Å². The van der Waals surface area contributed by atoms with Crippen LogP contribution in [-0.4, -0.2) is 52.4 Å². The molecular formula is C12H19N5O. The van der Waals surface area contributed by atoms with Gasteiger partial charge in [0, 0.05) is 18.5 Å². The summed E-state index contributed by atoms with van der Waals surface area (Å²) < 4.78 is 0. The van der Waals surface area contributed by atoms with Crippen LogP contribution in [0.1, 0.15) is 36.2 Å². The van der Waals surface area contributed by atoms with Gasteiger partial charge in [-0.2, -0.15) is 15.4 Å². The number of nitrogens with one attached hydrogen (secondary N) is 2. The molecule has 6 nitrogen and oxygen atoms in total. The number of hydrogen-bond donors (Lipinski definition) is 2. The largest absolute Gasteiger partial charge is 0.350 e. The molecule has 0 aromatic carbocycles. The van der Waals surface area contributed by atoms with E-state index in [0.29, 0.717) is 11.1 Å². The van der Waals surface area contributed by atoms with Crippen LogP contribution in [0.3, 0.4) is 0 Å². The Labute approximate surface area is 106 Å². The Morgan fingerprint density at radius 1 is 1.44 bits per heavy atom. The first-order chi connectivity index (χ1) is 8.77. The van der Waals surface area contributed by atoms with E-state index in [1.54, 1.807) is 0 Å². The molecule has 0 radical (unpaired) electrons. The summed E-state index contributed by atoms with van der Waals surface area (Å²) in [7, 11) is 0. The minimum atomic E-state index is -0.128. The average molecular weight is 249 g/mol. The molecule has 0 atom stereocenters. The normalized spacial score (nSPS) is 22.0. The third kappa shape index (κ3) is 2.53. The Bertz CT molecular complexity index is 406. The average Bonchev–Trinajstić information content (AvgIpc) is 2.84. The van der Waals surface area contributed by atoms with Crippen LogP contribution in [0.4, 0.5) is 0 Å². The minimum absolute atomic E-state index is 0.128. The zero-order valence-electron chi connectivity index (χ0n) is 10.5. The van der Waals surface area contributed by atoms with Gasteiger partial charge in [-0.3, -0.25) is 4.79 Å². The number of aromatic amines is 1. The van der Waals surface area contributed by atoms with Gasteiger partial charge in [-0.25, -0.2) is 0 Å². The van der Waals surface area contributed by atoms with E-state index in [4.69, 9.17) is 0 Å². The van der Waals surface area contributed by atoms with E-state index in [1.807, 2.05) is 0 Å². The highest BCUT2D eigenvalue weighted by atomic mass is 16.2. The number of carbonyl (C=O) groups excluding carboxylic acids is 1. The van der Waals surface area contributed by atoms with Crippen molar-refractivity contribution in [3.05, 3.63) is 11.9 Å². The van der Waals surface area contributed by atoms with Crippen LogP contribution in [-0.2, 0) is 0 Å². The predicted octanol–water partition coefficient (Wildman–Crippen LogP) is 0.410. The number of hydrogen-bond acceptors (Lipinski definition) is 4. The molecule has 1 aromatic rings. The summed E-state index contributed by atoms with van der Waals surface area (Å²) in [5, 5.41) is 12.9. The van der Waals surface area contributed by atoms with E-state index in [9.17, 15) is 4.79 Å². The topological polar surface area (TPSA) is 73.9 Å². The van der Waals surface area contributed by atoms with Crippen molar-refractivity contribution in [3.8, 4) is 0 Å². The van der Waals surface area contributed by atoms with E-state index >= 15 is 0 Å². The number of aromatic nitrogens is 3. The molecule has 0 spiro atoms. The molecule has 98 valence electrons. The number of amides is 1. The van der Waals surface area contributed by atoms with Crippen molar-refractivity contribution in [1.82, 2.24) is 25.6 Å². The predicted molar refractivity (Wildman–Crippen MR) is 66.1 cm³/mol. The maximum absolute atomic E-state index is 11.8. The van der Waals surface area contributed by atoms with Gasteiger partial charge in [0.1, 0.15) is 0 Å². The molecule has 1 aliphatic heterocycles. The molecule has 6 heteroatoms. The van der Waals surface area contributed by atoms with Crippen molar-refractivity contribution in [2.75, 3.05) is 26.2 Å². The van der Waals surface area contributed by atoms with E-state index in [-0.39, 0.29) is 5.91 Å². The Morgan fingerprint density at radius 3 is 2.83 bits per heavy atom. The van der Waals surface area contributed by atoms with Gasteiger partial charge in [0.05, 0.1) is 6.20 Å². The number of H-pyrrole nitrogens is 1. The fourth-order valence-corrected chi connectivity index (χ4v) is 2.65. The summed E-state index contributed by atoms with van der Waals surface area (Å²) in [4.78, 5) is 14.3. The summed E-state index contributed by atoms with van der Waals surface area (Å²) in [6, 6.07) is 0. The Kier molecular flexibility index (Phi) is 3.03. The van der Waals surface area contributed by atoms with Crippen LogP contribution in [0.25, 0.3) is 0 Å². The highest BCUT2D eigenvalue weighted by molar-refractivity contribution is 5.91. The first-order valence-corrected chi connectivity index (χ1v) is 6.64. The molecule has 18 heavy (non-hydrogen) atoms. The number of nitrogens with zero attached hydrogens (tertiary/aromatic N) is 3. The highest BCUT2D eigenvalue weighted by Crippen LogP contribution is 2.46. The van der Waals surface area contributed by atoms with Crippen LogP contribution < -0.4 is 5.32 Å². The monoisotopic (exact) mass is 249 g/mol. The Morgan fingerprint density at radius 2 is 2.22 bits per heavy atom. The van der Waals surface area contributed by atoms with Gasteiger partial charge < -0.3 is 10.2 Å². The van der Waals surface area contributed by atoms with Gasteiger partial charge in [0.2, 0.25) is 0 Å². The lowest BCUT2D eigenvalue weighted by Crippen LogP contribution is -2.37. The van der Waals surface area contributed by atoms with E-state index in [2.05, 4.69) is 25.6 Å². The zero-order chi connectivity index (χ0) is 12.4. The van der Waals surface area contributed by atoms with Crippen molar-refractivity contribution in [1.29, 1.82) is 0 Å². The number of likely N-dealkylation sites (tertiary alicyclic amines) is 1. The first kappa shape index (κ1) is 11.6. The lowest BCUT2D eigenvalue weighted by atomic mass is 10.1. The maximum Gasteiger partial charge on any atom is 0.273 e. The SMILES string of the molecule is O=C(NCC1(CN2CCCC2)CC1)c1cn[nH]n1. The molecule has 2 fully saturated rings. The molecule has 0 unspecified atom stereocenters. The van der Waals surface area contributed by atoms with Crippen LogP contribution in [0.2, 0.25) is 0 Å². The summed E-state index contributed by atoms with van der Waals surface area (Å²) in [6.07, 6.45) is 6.54. The van der Waals surface area contributed by atoms with Crippen molar-refractivity contribution in [2.24, 2.45) is 5.41 Å². The fraction of sp³-hybridized carbons (Fsp3) is 0.750. The molecule has 1 aromatic heterocycles. The number of carbonyl (C=O) groups is 1. The molecule has 1 aliphatic carbocycles. The van der Waals surface area contributed by atoms with Crippen LogP contribution in [0, 0.1) is 5.41 Å². The van der Waals surface area contributed by atoms with Crippen molar-refractivity contribution in [2.45, 2.75) is 25.7 Å². The summed E-state index contributed by atoms with van der Waals surface area (Å²) in [5.41, 5.74) is 0.691.